The van der Waals surface area contributed by atoms with Crippen molar-refractivity contribution in [3.63, 3.8) is 0 Å². The van der Waals surface area contributed by atoms with Crippen LogP contribution in [0.25, 0.3) is 4.94 Å². The Morgan fingerprint density at radius 3 is 1.56 bits per heavy atom. The predicted octanol–water partition coefficient (Wildman–Crippen LogP) is 1.09. The van der Waals surface area contributed by atoms with Gasteiger partial charge in [0.25, 0.3) is 0 Å². The number of hydrogen-bond donors (Lipinski definition) is 0. The highest BCUT2D eigenvalue weighted by Gasteiger charge is 2.39. The molecule has 0 aromatic heterocycles. The average molecular weight is 166 g/mol. The summed E-state index contributed by atoms with van der Waals surface area (Å²) in [5.74, 6) is 0. The molecule has 0 heterocycles. The van der Waals surface area contributed by atoms with Gasteiger partial charge in [-0.1, -0.05) is 0 Å². The second-order valence-corrected chi connectivity index (χ2v) is 2.54. The van der Waals surface area contributed by atoms with Crippen molar-refractivity contribution in [2.45, 2.75) is 5.51 Å². The van der Waals surface area contributed by atoms with Crippen LogP contribution < -0.4 is 0 Å². The maximum Gasteiger partial charge on any atom is 0.481 e. The van der Waals surface area contributed by atoms with Crippen LogP contribution in [0.1, 0.15) is 0 Å². The van der Waals surface area contributed by atoms with Gasteiger partial charge in [0.2, 0.25) is 0 Å². The Hall–Kier alpha value is -0.370. The second kappa shape index (κ2) is 2.10. The maximum absolute atomic E-state index is 10.9. The molecular formula is CF4NO2S-. The van der Waals surface area contributed by atoms with Crippen LogP contribution in [-0.2, 0) is 10.0 Å². The average Bonchev–Trinajstić information content (AvgIpc) is 1.64. The van der Waals surface area contributed by atoms with E-state index in [-0.39, 0.29) is 0 Å². The molecule has 0 aliphatic heterocycles. The van der Waals surface area contributed by atoms with E-state index >= 15 is 0 Å². The highest BCUT2D eigenvalue weighted by atomic mass is 32.2. The third-order valence-electron chi connectivity index (χ3n) is 0.383. The first-order valence-electron chi connectivity index (χ1n) is 1.46. The lowest BCUT2D eigenvalue weighted by Gasteiger charge is -2.12. The first kappa shape index (κ1) is 8.63. The quantitative estimate of drug-likeness (QED) is 0.547. The third kappa shape index (κ3) is 1.79. The second-order valence-electron chi connectivity index (χ2n) is 0.990. The first-order valence-corrected chi connectivity index (χ1v) is 2.90. The molecule has 0 N–H and O–H groups in total. The lowest BCUT2D eigenvalue weighted by Crippen LogP contribution is -2.20. The molecule has 0 aromatic rings. The van der Waals surface area contributed by atoms with E-state index in [0.717, 1.165) is 0 Å². The van der Waals surface area contributed by atoms with Crippen LogP contribution in [0.3, 0.4) is 0 Å². The molecule has 0 unspecified atom stereocenters. The number of alkyl halides is 3. The van der Waals surface area contributed by atoms with Crippen molar-refractivity contribution in [3.8, 4) is 0 Å². The van der Waals surface area contributed by atoms with Gasteiger partial charge >= 0.3 is 5.51 Å². The molecule has 0 aromatic carbocycles. The van der Waals surface area contributed by atoms with E-state index in [1.54, 1.807) is 0 Å². The minimum absolute atomic E-state index is 0.639. The van der Waals surface area contributed by atoms with Crippen LogP contribution in [0.2, 0.25) is 0 Å². The van der Waals surface area contributed by atoms with Crippen molar-refractivity contribution in [1.82, 2.24) is 0 Å². The molecule has 0 aliphatic carbocycles. The number of nitrogens with zero attached hydrogens (tertiary/aromatic N) is 1. The number of halogens is 4. The molecule has 8 heteroatoms. The molecular weight excluding hydrogens is 166 g/mol. The highest BCUT2D eigenvalue weighted by Crippen LogP contribution is 2.27. The zero-order valence-corrected chi connectivity index (χ0v) is 4.50. The smallest absolute Gasteiger partial charge is 0.372 e. The van der Waals surface area contributed by atoms with Crippen molar-refractivity contribution < 1.29 is 26.1 Å². The molecule has 56 valence electrons. The van der Waals surface area contributed by atoms with E-state index in [2.05, 4.69) is 0 Å². The molecule has 0 radical (unpaired) electrons. The fourth-order valence-corrected chi connectivity index (χ4v) is 0.117. The van der Waals surface area contributed by atoms with E-state index in [9.17, 15) is 26.1 Å². The van der Waals surface area contributed by atoms with Gasteiger partial charge in [-0.15, -0.1) is 0 Å². The molecule has 9 heavy (non-hydrogen) atoms. The van der Waals surface area contributed by atoms with Gasteiger partial charge in [0.05, 0.1) is 0 Å². The van der Waals surface area contributed by atoms with Crippen LogP contribution >= 0.6 is 0 Å². The van der Waals surface area contributed by atoms with Gasteiger partial charge in [0.1, 0.15) is 0 Å². The van der Waals surface area contributed by atoms with E-state index in [0.29, 0.717) is 4.94 Å². The number of hydrogen-bond acceptors (Lipinski definition) is 2. The van der Waals surface area contributed by atoms with Gasteiger partial charge in [-0.2, -0.15) is 13.2 Å². The number of rotatable bonds is 1. The largest absolute Gasteiger partial charge is 0.481 e. The van der Waals surface area contributed by atoms with Crippen molar-refractivity contribution in [2.75, 3.05) is 0 Å². The van der Waals surface area contributed by atoms with Crippen LogP contribution in [0.5, 0.6) is 0 Å². The Labute approximate surface area is 47.6 Å². The fraction of sp³-hybridized carbons (Fsp3) is 1.00. The summed E-state index contributed by atoms with van der Waals surface area (Å²) in [5, 5.41) is 0. The molecule has 3 nitrogen and oxygen atoms in total. The summed E-state index contributed by atoms with van der Waals surface area (Å²) in [4.78, 5) is 0.639. The lowest BCUT2D eigenvalue weighted by molar-refractivity contribution is -0.0432. The normalized spacial score (nSPS) is 13.8. The molecule has 0 saturated carbocycles. The van der Waals surface area contributed by atoms with Crippen molar-refractivity contribution >= 4 is 10.0 Å². The summed E-state index contributed by atoms with van der Waals surface area (Å²) in [7, 11) is -5.88. The Morgan fingerprint density at radius 2 is 1.56 bits per heavy atom. The predicted molar refractivity (Wildman–Crippen MR) is 19.4 cm³/mol. The zero-order chi connectivity index (χ0) is 7.71. The third-order valence-corrected chi connectivity index (χ3v) is 1.15. The van der Waals surface area contributed by atoms with Crippen molar-refractivity contribution in [3.05, 3.63) is 4.94 Å². The van der Waals surface area contributed by atoms with E-state index < -0.39 is 15.5 Å². The fourth-order valence-electron chi connectivity index (χ4n) is 0.0391. The zero-order valence-electron chi connectivity index (χ0n) is 3.68. The molecule has 0 rings (SSSR count). The van der Waals surface area contributed by atoms with E-state index in [1.807, 2.05) is 0 Å². The van der Waals surface area contributed by atoms with Crippen LogP contribution in [0, 0.1) is 0 Å². The van der Waals surface area contributed by atoms with Gasteiger partial charge < -0.3 is 9.43 Å². The van der Waals surface area contributed by atoms with Gasteiger partial charge in [-0.05, 0) is 0 Å². The molecule has 0 spiro atoms. The van der Waals surface area contributed by atoms with Crippen LogP contribution in [0.4, 0.5) is 17.7 Å². The molecule has 0 fully saturated rings. The summed E-state index contributed by atoms with van der Waals surface area (Å²) in [6.07, 6.45) is 0. The topological polar surface area (TPSA) is 48.2 Å². The summed E-state index contributed by atoms with van der Waals surface area (Å²) >= 11 is 0. The number of sulfonamides is 1. The SMILES string of the molecule is O=S(=O)([N-]F)C(F)(F)F. The van der Waals surface area contributed by atoms with Gasteiger partial charge in [-0.3, -0.25) is 0 Å². The Kier molecular flexibility index (Phi) is 2.02. The maximum atomic E-state index is 10.9. The Balaban J connectivity index is 4.57. The monoisotopic (exact) mass is 166 g/mol. The van der Waals surface area contributed by atoms with Gasteiger partial charge in [-0.25, -0.2) is 8.42 Å². The molecule has 0 atom stereocenters. The lowest BCUT2D eigenvalue weighted by atomic mass is 11.6. The minimum Gasteiger partial charge on any atom is -0.372 e. The molecule has 0 bridgehead atoms. The van der Waals surface area contributed by atoms with E-state index in [1.165, 1.54) is 0 Å². The first-order chi connectivity index (χ1) is 3.81. The Bertz CT molecular complexity index is 179. The standard InChI is InChI=1S/CF4NO2S/c2-1(3,4)9(7,8)6-5/q-1. The van der Waals surface area contributed by atoms with Gasteiger partial charge in [0.15, 0.2) is 10.0 Å². The van der Waals surface area contributed by atoms with Crippen LogP contribution in [0.15, 0.2) is 0 Å². The molecule has 0 saturated heterocycles. The molecule has 0 amide bonds. The van der Waals surface area contributed by atoms with Crippen molar-refractivity contribution in [2.24, 2.45) is 0 Å². The van der Waals surface area contributed by atoms with Crippen LogP contribution in [-0.4, -0.2) is 13.9 Å². The summed E-state index contributed by atoms with van der Waals surface area (Å²) in [6, 6.07) is 0. The minimum atomic E-state index is -5.88. The van der Waals surface area contributed by atoms with E-state index in [4.69, 9.17) is 0 Å². The summed E-state index contributed by atoms with van der Waals surface area (Å²) in [5.41, 5.74) is -5.62. The Morgan fingerprint density at radius 1 is 1.22 bits per heavy atom. The van der Waals surface area contributed by atoms with Gasteiger partial charge in [0, 0.05) is 0 Å². The molecule has 0 aliphatic rings. The highest BCUT2D eigenvalue weighted by molar-refractivity contribution is 7.94. The summed E-state index contributed by atoms with van der Waals surface area (Å²) in [6.45, 7) is 0. The van der Waals surface area contributed by atoms with Crippen molar-refractivity contribution in [1.29, 1.82) is 0 Å². The summed E-state index contributed by atoms with van der Waals surface area (Å²) < 4.78 is 62.0.